The molecule has 9 nitrogen and oxygen atoms in total. The molecule has 0 aliphatic heterocycles. The van der Waals surface area contributed by atoms with E-state index in [-0.39, 0.29) is 41.3 Å². The molecule has 0 aliphatic carbocycles. The number of alkyl halides is 3. The SMILES string of the molecule is Cc1cc(CNC(=O)c2cc(C(=O)NCc3cccc(C(F)(F)F)c3)nc3ccnn23)ccc1C(=O)O. The highest BCUT2D eigenvalue weighted by Crippen LogP contribution is 2.29. The molecular formula is C25H20F3N5O4. The van der Waals surface area contributed by atoms with Crippen LogP contribution < -0.4 is 10.6 Å². The number of aromatic nitrogens is 3. The van der Waals surface area contributed by atoms with E-state index in [9.17, 15) is 27.6 Å². The first-order chi connectivity index (χ1) is 17.5. The van der Waals surface area contributed by atoms with E-state index in [0.29, 0.717) is 11.1 Å². The molecule has 0 unspecified atom stereocenters. The van der Waals surface area contributed by atoms with Crippen LogP contribution in [0.5, 0.6) is 0 Å². The number of benzene rings is 2. The molecule has 0 radical (unpaired) electrons. The molecule has 4 aromatic rings. The lowest BCUT2D eigenvalue weighted by molar-refractivity contribution is -0.137. The summed E-state index contributed by atoms with van der Waals surface area (Å²) in [6, 6.07) is 12.0. The standard InChI is InChI=1S/C25H20F3N5O4/c1-14-9-16(5-6-18(14)24(36)37)13-30-23(35)20-11-19(32-21-7-8-31-33(20)21)22(34)29-12-15-3-2-4-17(10-15)25(26,27)28/h2-11H,12-13H2,1H3,(H,29,34)(H,30,35)(H,36,37). The number of rotatable bonds is 7. The largest absolute Gasteiger partial charge is 0.478 e. The Labute approximate surface area is 208 Å². The first kappa shape index (κ1) is 25.4. The van der Waals surface area contributed by atoms with Crippen molar-refractivity contribution in [3.05, 3.63) is 100.0 Å². The fourth-order valence-corrected chi connectivity index (χ4v) is 3.67. The minimum Gasteiger partial charge on any atom is -0.478 e. The van der Waals surface area contributed by atoms with Crippen molar-refractivity contribution in [2.45, 2.75) is 26.2 Å². The van der Waals surface area contributed by atoms with Crippen LogP contribution in [0.3, 0.4) is 0 Å². The highest BCUT2D eigenvalue weighted by atomic mass is 19.4. The van der Waals surface area contributed by atoms with E-state index in [1.807, 2.05) is 0 Å². The maximum atomic E-state index is 12.9. The van der Waals surface area contributed by atoms with E-state index in [1.165, 1.54) is 41.0 Å². The Balaban J connectivity index is 1.50. The number of hydrogen-bond donors (Lipinski definition) is 3. The van der Waals surface area contributed by atoms with Crippen molar-refractivity contribution >= 4 is 23.4 Å². The number of aromatic carboxylic acids is 1. The zero-order chi connectivity index (χ0) is 26.7. The molecule has 0 atom stereocenters. The zero-order valence-corrected chi connectivity index (χ0v) is 19.3. The summed E-state index contributed by atoms with van der Waals surface area (Å²) in [6.45, 7) is 1.55. The predicted molar refractivity (Wildman–Crippen MR) is 125 cm³/mol. The Morgan fingerprint density at radius 1 is 0.946 bits per heavy atom. The van der Waals surface area contributed by atoms with Crippen LogP contribution >= 0.6 is 0 Å². The summed E-state index contributed by atoms with van der Waals surface area (Å²) in [5.41, 5.74) is 0.894. The topological polar surface area (TPSA) is 126 Å². The number of halogens is 3. The number of amides is 2. The second-order valence-corrected chi connectivity index (χ2v) is 8.15. The lowest BCUT2D eigenvalue weighted by Gasteiger charge is -2.11. The number of fused-ring (bicyclic) bond motifs is 1. The van der Waals surface area contributed by atoms with E-state index >= 15 is 0 Å². The Bertz CT molecular complexity index is 1510. The van der Waals surface area contributed by atoms with Gasteiger partial charge in [0.2, 0.25) is 0 Å². The molecule has 0 bridgehead atoms. The Kier molecular flexibility index (Phi) is 6.92. The molecule has 0 spiro atoms. The van der Waals surface area contributed by atoms with Crippen LogP contribution in [0.4, 0.5) is 13.2 Å². The average Bonchev–Trinajstić information content (AvgIpc) is 3.33. The van der Waals surface area contributed by atoms with E-state index in [1.54, 1.807) is 19.1 Å². The van der Waals surface area contributed by atoms with Crippen LogP contribution in [0.15, 0.2) is 60.8 Å². The number of nitrogens with one attached hydrogen (secondary N) is 2. The minimum atomic E-state index is -4.51. The van der Waals surface area contributed by atoms with Crippen molar-refractivity contribution in [1.82, 2.24) is 25.2 Å². The predicted octanol–water partition coefficient (Wildman–Crippen LogP) is 3.61. The summed E-state index contributed by atoms with van der Waals surface area (Å²) in [4.78, 5) is 41.0. The highest BCUT2D eigenvalue weighted by molar-refractivity contribution is 5.98. The summed E-state index contributed by atoms with van der Waals surface area (Å²) >= 11 is 0. The van der Waals surface area contributed by atoms with Crippen LogP contribution in [0, 0.1) is 6.92 Å². The number of carboxylic acid groups (broad SMARTS) is 1. The fourth-order valence-electron chi connectivity index (χ4n) is 3.67. The lowest BCUT2D eigenvalue weighted by atomic mass is 10.1. The smallest absolute Gasteiger partial charge is 0.416 e. The summed E-state index contributed by atoms with van der Waals surface area (Å²) in [5, 5.41) is 18.4. The maximum absolute atomic E-state index is 12.9. The molecule has 0 saturated heterocycles. The summed E-state index contributed by atoms with van der Waals surface area (Å²) in [6.07, 6.45) is -3.11. The van der Waals surface area contributed by atoms with Gasteiger partial charge in [-0.2, -0.15) is 18.3 Å². The molecule has 3 N–H and O–H groups in total. The van der Waals surface area contributed by atoms with Gasteiger partial charge in [-0.25, -0.2) is 14.3 Å². The summed E-state index contributed by atoms with van der Waals surface area (Å²) < 4.78 is 40.1. The molecule has 2 heterocycles. The van der Waals surface area contributed by atoms with Crippen molar-refractivity contribution in [3.63, 3.8) is 0 Å². The third kappa shape index (κ3) is 5.74. The molecule has 2 aromatic carbocycles. The first-order valence-electron chi connectivity index (χ1n) is 10.9. The molecule has 0 aliphatic rings. The molecule has 12 heteroatoms. The van der Waals surface area contributed by atoms with Gasteiger partial charge in [-0.15, -0.1) is 0 Å². The Hall–Kier alpha value is -4.74. The van der Waals surface area contributed by atoms with Crippen LogP contribution in [-0.2, 0) is 19.3 Å². The van der Waals surface area contributed by atoms with Gasteiger partial charge in [0, 0.05) is 25.2 Å². The van der Waals surface area contributed by atoms with Crippen LogP contribution in [-0.4, -0.2) is 37.5 Å². The van der Waals surface area contributed by atoms with Crippen LogP contribution in [0.25, 0.3) is 5.65 Å². The average molecular weight is 511 g/mol. The first-order valence-corrected chi connectivity index (χ1v) is 10.9. The van der Waals surface area contributed by atoms with Crippen molar-refractivity contribution in [2.75, 3.05) is 0 Å². The molecule has 2 aromatic heterocycles. The molecule has 2 amide bonds. The Morgan fingerprint density at radius 3 is 2.32 bits per heavy atom. The summed E-state index contributed by atoms with van der Waals surface area (Å²) in [7, 11) is 0. The monoisotopic (exact) mass is 511 g/mol. The van der Waals surface area contributed by atoms with Crippen LogP contribution in [0.2, 0.25) is 0 Å². The number of hydrogen-bond acceptors (Lipinski definition) is 5. The number of carbonyl (C=O) groups is 3. The van der Waals surface area contributed by atoms with Gasteiger partial charge in [-0.1, -0.05) is 24.3 Å². The van der Waals surface area contributed by atoms with Gasteiger partial charge in [-0.3, -0.25) is 9.59 Å². The van der Waals surface area contributed by atoms with Crippen molar-refractivity contribution in [1.29, 1.82) is 0 Å². The van der Waals surface area contributed by atoms with Gasteiger partial charge in [0.25, 0.3) is 11.8 Å². The normalized spacial score (nSPS) is 11.4. The van der Waals surface area contributed by atoms with Gasteiger partial charge < -0.3 is 15.7 Å². The van der Waals surface area contributed by atoms with E-state index in [4.69, 9.17) is 5.11 Å². The number of aryl methyl sites for hydroxylation is 1. The van der Waals surface area contributed by atoms with Gasteiger partial charge in [-0.05, 0) is 41.8 Å². The highest BCUT2D eigenvalue weighted by Gasteiger charge is 2.30. The third-order valence-electron chi connectivity index (χ3n) is 5.51. The zero-order valence-electron chi connectivity index (χ0n) is 19.3. The van der Waals surface area contributed by atoms with Gasteiger partial charge in [0.1, 0.15) is 11.4 Å². The van der Waals surface area contributed by atoms with Crippen molar-refractivity contribution < 1.29 is 32.7 Å². The van der Waals surface area contributed by atoms with Gasteiger partial charge in [0.05, 0.1) is 17.3 Å². The minimum absolute atomic E-state index is 0.0121. The third-order valence-corrected chi connectivity index (χ3v) is 5.51. The van der Waals surface area contributed by atoms with E-state index in [2.05, 4.69) is 20.7 Å². The van der Waals surface area contributed by atoms with E-state index < -0.39 is 29.5 Å². The molecule has 190 valence electrons. The fraction of sp³-hybridized carbons (Fsp3) is 0.160. The van der Waals surface area contributed by atoms with Crippen LogP contribution in [0.1, 0.15) is 53.6 Å². The molecule has 4 rings (SSSR count). The Morgan fingerprint density at radius 2 is 1.65 bits per heavy atom. The molecule has 37 heavy (non-hydrogen) atoms. The molecule has 0 fully saturated rings. The number of nitrogens with zero attached hydrogens (tertiary/aromatic N) is 3. The van der Waals surface area contributed by atoms with Gasteiger partial charge in [0.15, 0.2) is 5.65 Å². The molecular weight excluding hydrogens is 491 g/mol. The lowest BCUT2D eigenvalue weighted by Crippen LogP contribution is -2.28. The quantitative estimate of drug-likeness (QED) is 0.348. The second kappa shape index (κ2) is 10.1. The van der Waals surface area contributed by atoms with Crippen molar-refractivity contribution in [3.8, 4) is 0 Å². The number of carboxylic acids is 1. The van der Waals surface area contributed by atoms with Crippen molar-refractivity contribution in [2.24, 2.45) is 0 Å². The molecule has 0 saturated carbocycles. The maximum Gasteiger partial charge on any atom is 0.416 e. The summed E-state index contributed by atoms with van der Waals surface area (Å²) in [5.74, 6) is -2.30. The van der Waals surface area contributed by atoms with E-state index in [0.717, 1.165) is 12.1 Å². The second-order valence-electron chi connectivity index (χ2n) is 8.15. The van der Waals surface area contributed by atoms with Gasteiger partial charge >= 0.3 is 12.1 Å². The number of carbonyl (C=O) groups excluding carboxylic acids is 2.